The van der Waals surface area contributed by atoms with E-state index in [9.17, 15) is 0 Å². The third kappa shape index (κ3) is 2.94. The van der Waals surface area contributed by atoms with Gasteiger partial charge in [-0.1, -0.05) is 26.7 Å². The van der Waals surface area contributed by atoms with Gasteiger partial charge in [-0.25, -0.2) is 0 Å². The lowest BCUT2D eigenvalue weighted by atomic mass is 9.97. The van der Waals surface area contributed by atoms with Gasteiger partial charge in [-0.15, -0.1) is 0 Å². The molecule has 0 aromatic rings. The largest absolute Gasteiger partial charge is 0.369 e. The molecule has 88 valence electrons. The van der Waals surface area contributed by atoms with Crippen molar-refractivity contribution in [3.8, 4) is 0 Å². The second-order valence-corrected chi connectivity index (χ2v) is 5.73. The zero-order valence-electron chi connectivity index (χ0n) is 10.2. The number of nitrogens with one attached hydrogen (secondary N) is 1. The first-order valence-electron chi connectivity index (χ1n) is 6.59. The maximum absolute atomic E-state index is 6.32. The number of rotatable bonds is 3. The van der Waals surface area contributed by atoms with E-state index < -0.39 is 0 Å². The van der Waals surface area contributed by atoms with Crippen LogP contribution in [0.25, 0.3) is 0 Å². The van der Waals surface area contributed by atoms with Crippen molar-refractivity contribution >= 4 is 0 Å². The summed E-state index contributed by atoms with van der Waals surface area (Å²) in [6.45, 7) is 6.74. The molecule has 2 fully saturated rings. The van der Waals surface area contributed by atoms with Gasteiger partial charge in [0, 0.05) is 13.1 Å². The minimum Gasteiger partial charge on any atom is -0.369 e. The molecule has 1 saturated heterocycles. The smallest absolute Gasteiger partial charge is 0.0810 e. The van der Waals surface area contributed by atoms with Gasteiger partial charge in [-0.3, -0.25) is 0 Å². The molecule has 2 nitrogen and oxygen atoms in total. The molecular weight excluding hydrogens is 186 g/mol. The van der Waals surface area contributed by atoms with Crippen molar-refractivity contribution in [1.29, 1.82) is 0 Å². The normalized spacial score (nSPS) is 30.2. The van der Waals surface area contributed by atoms with Crippen molar-refractivity contribution in [2.75, 3.05) is 13.1 Å². The van der Waals surface area contributed by atoms with E-state index in [1.165, 1.54) is 38.5 Å². The van der Waals surface area contributed by atoms with Crippen molar-refractivity contribution in [2.24, 2.45) is 5.92 Å². The second-order valence-electron chi connectivity index (χ2n) is 5.73. The Labute approximate surface area is 93.8 Å². The van der Waals surface area contributed by atoms with Gasteiger partial charge in [0.25, 0.3) is 0 Å². The highest BCUT2D eigenvalue weighted by atomic mass is 16.5. The summed E-state index contributed by atoms with van der Waals surface area (Å²) in [7, 11) is 0. The van der Waals surface area contributed by atoms with Crippen LogP contribution >= 0.6 is 0 Å². The first kappa shape index (κ1) is 11.4. The molecule has 2 rings (SSSR count). The Morgan fingerprint density at radius 1 is 1.33 bits per heavy atom. The van der Waals surface area contributed by atoms with E-state index in [0.717, 1.165) is 19.0 Å². The van der Waals surface area contributed by atoms with E-state index in [2.05, 4.69) is 19.2 Å². The van der Waals surface area contributed by atoms with Crippen molar-refractivity contribution in [3.05, 3.63) is 0 Å². The second kappa shape index (κ2) is 4.84. The Bertz CT molecular complexity index is 197. The highest BCUT2D eigenvalue weighted by Crippen LogP contribution is 2.36. The van der Waals surface area contributed by atoms with E-state index in [1.54, 1.807) is 0 Å². The van der Waals surface area contributed by atoms with E-state index in [-0.39, 0.29) is 5.60 Å². The predicted molar refractivity (Wildman–Crippen MR) is 63.0 cm³/mol. The topological polar surface area (TPSA) is 21.3 Å². The van der Waals surface area contributed by atoms with Gasteiger partial charge in [0.2, 0.25) is 0 Å². The summed E-state index contributed by atoms with van der Waals surface area (Å²) in [5.41, 5.74) is 0.222. The number of morpholine rings is 1. The summed E-state index contributed by atoms with van der Waals surface area (Å²) in [5.74, 6) is 0.801. The van der Waals surface area contributed by atoms with Crippen LogP contribution in [0.5, 0.6) is 0 Å². The highest BCUT2D eigenvalue weighted by Gasteiger charge is 2.39. The standard InChI is InChI=1S/C13H25NO/c1-11(2)5-6-12-9-14-10-13(15-12)7-3-4-8-13/h11-12,14H,3-10H2,1-2H3. The Morgan fingerprint density at radius 2 is 2.07 bits per heavy atom. The van der Waals surface area contributed by atoms with Gasteiger partial charge in [0.1, 0.15) is 0 Å². The van der Waals surface area contributed by atoms with E-state index in [4.69, 9.17) is 4.74 Å². The summed E-state index contributed by atoms with van der Waals surface area (Å²) < 4.78 is 6.32. The van der Waals surface area contributed by atoms with Crippen LogP contribution < -0.4 is 5.32 Å². The molecule has 2 aliphatic rings. The molecule has 15 heavy (non-hydrogen) atoms. The summed E-state index contributed by atoms with van der Waals surface area (Å²) in [6.07, 6.45) is 8.27. The molecule has 1 atom stereocenters. The molecule has 0 aromatic carbocycles. The zero-order chi connectivity index (χ0) is 10.7. The Balaban J connectivity index is 1.81. The number of hydrogen-bond acceptors (Lipinski definition) is 2. The molecule has 1 aliphatic carbocycles. The molecule has 1 aliphatic heterocycles. The lowest BCUT2D eigenvalue weighted by Gasteiger charge is -2.39. The monoisotopic (exact) mass is 211 g/mol. The third-order valence-electron chi connectivity index (χ3n) is 3.82. The van der Waals surface area contributed by atoms with Crippen LogP contribution in [0.1, 0.15) is 52.4 Å². The molecule has 1 N–H and O–H groups in total. The fourth-order valence-electron chi connectivity index (χ4n) is 2.89. The predicted octanol–water partition coefficient (Wildman–Crippen LogP) is 2.72. The van der Waals surface area contributed by atoms with Crippen LogP contribution in [0.15, 0.2) is 0 Å². The maximum Gasteiger partial charge on any atom is 0.0810 e. The first-order chi connectivity index (χ1) is 7.20. The number of hydrogen-bond donors (Lipinski definition) is 1. The molecule has 1 unspecified atom stereocenters. The first-order valence-corrected chi connectivity index (χ1v) is 6.59. The van der Waals surface area contributed by atoms with Gasteiger partial charge >= 0.3 is 0 Å². The van der Waals surface area contributed by atoms with Crippen molar-refractivity contribution in [1.82, 2.24) is 5.32 Å². The fourth-order valence-corrected chi connectivity index (χ4v) is 2.89. The Kier molecular flexibility index (Phi) is 3.68. The quantitative estimate of drug-likeness (QED) is 0.775. The molecule has 1 saturated carbocycles. The van der Waals surface area contributed by atoms with Crippen LogP contribution in [-0.2, 0) is 4.74 Å². The molecule has 2 heteroatoms. The van der Waals surface area contributed by atoms with Crippen molar-refractivity contribution in [2.45, 2.75) is 64.1 Å². The minimum absolute atomic E-state index is 0.222. The van der Waals surface area contributed by atoms with Crippen LogP contribution in [0.3, 0.4) is 0 Å². The molecule has 1 spiro atoms. The lowest BCUT2D eigenvalue weighted by Crippen LogP contribution is -2.52. The minimum atomic E-state index is 0.222. The van der Waals surface area contributed by atoms with E-state index in [1.807, 2.05) is 0 Å². The van der Waals surface area contributed by atoms with Gasteiger partial charge < -0.3 is 10.1 Å². The Morgan fingerprint density at radius 3 is 2.73 bits per heavy atom. The van der Waals surface area contributed by atoms with Crippen molar-refractivity contribution in [3.63, 3.8) is 0 Å². The summed E-state index contributed by atoms with van der Waals surface area (Å²) in [6, 6.07) is 0. The van der Waals surface area contributed by atoms with E-state index >= 15 is 0 Å². The molecule has 0 radical (unpaired) electrons. The summed E-state index contributed by atoms with van der Waals surface area (Å²) in [4.78, 5) is 0. The van der Waals surface area contributed by atoms with E-state index in [0.29, 0.717) is 6.10 Å². The van der Waals surface area contributed by atoms with Gasteiger partial charge in [-0.05, 0) is 31.6 Å². The molecule has 0 amide bonds. The molecule has 1 heterocycles. The van der Waals surface area contributed by atoms with Crippen LogP contribution in [-0.4, -0.2) is 24.8 Å². The molecular formula is C13H25NO. The Hall–Kier alpha value is -0.0800. The van der Waals surface area contributed by atoms with Crippen LogP contribution in [0, 0.1) is 5.92 Å². The van der Waals surface area contributed by atoms with Crippen LogP contribution in [0.2, 0.25) is 0 Å². The third-order valence-corrected chi connectivity index (χ3v) is 3.82. The van der Waals surface area contributed by atoms with Gasteiger partial charge in [-0.2, -0.15) is 0 Å². The van der Waals surface area contributed by atoms with Gasteiger partial charge in [0.15, 0.2) is 0 Å². The summed E-state index contributed by atoms with van der Waals surface area (Å²) in [5, 5.41) is 3.57. The average Bonchev–Trinajstić information content (AvgIpc) is 2.63. The number of ether oxygens (including phenoxy) is 1. The van der Waals surface area contributed by atoms with Crippen LogP contribution in [0.4, 0.5) is 0 Å². The summed E-state index contributed by atoms with van der Waals surface area (Å²) >= 11 is 0. The SMILES string of the molecule is CC(C)CCC1CNCC2(CCCC2)O1. The molecule has 0 bridgehead atoms. The highest BCUT2D eigenvalue weighted by molar-refractivity contribution is 4.93. The van der Waals surface area contributed by atoms with Gasteiger partial charge in [0.05, 0.1) is 11.7 Å². The fraction of sp³-hybridized carbons (Fsp3) is 1.00. The van der Waals surface area contributed by atoms with Crippen molar-refractivity contribution < 1.29 is 4.74 Å². The zero-order valence-corrected chi connectivity index (χ0v) is 10.2. The maximum atomic E-state index is 6.32. The lowest BCUT2D eigenvalue weighted by molar-refractivity contribution is -0.115. The molecule has 0 aromatic heterocycles. The average molecular weight is 211 g/mol.